The van der Waals surface area contributed by atoms with Crippen LogP contribution in [0.5, 0.6) is 0 Å². The summed E-state index contributed by atoms with van der Waals surface area (Å²) < 4.78 is 5.70. The zero-order chi connectivity index (χ0) is 18.7. The summed E-state index contributed by atoms with van der Waals surface area (Å²) in [6.07, 6.45) is 1.53. The van der Waals surface area contributed by atoms with E-state index in [-0.39, 0.29) is 23.6 Å². The van der Waals surface area contributed by atoms with Crippen molar-refractivity contribution in [3.05, 3.63) is 64.2 Å². The first-order chi connectivity index (χ1) is 12.5. The Bertz CT molecular complexity index is 927. The zero-order valence-corrected chi connectivity index (χ0v) is 15.7. The van der Waals surface area contributed by atoms with Gasteiger partial charge in [0.2, 0.25) is 11.8 Å². The van der Waals surface area contributed by atoms with E-state index in [0.717, 1.165) is 0 Å². The van der Waals surface area contributed by atoms with Gasteiger partial charge in [-0.25, -0.2) is 4.98 Å². The highest BCUT2D eigenvalue weighted by molar-refractivity contribution is 6.33. The normalized spacial score (nSPS) is 11.0. The van der Waals surface area contributed by atoms with Crippen molar-refractivity contribution < 1.29 is 9.21 Å². The van der Waals surface area contributed by atoms with Crippen molar-refractivity contribution in [2.75, 3.05) is 0 Å². The first kappa shape index (κ1) is 18.4. The Kier molecular flexibility index (Phi) is 5.54. The number of carbonyl (C=O) groups is 1. The van der Waals surface area contributed by atoms with Gasteiger partial charge < -0.3 is 9.32 Å². The third-order valence-electron chi connectivity index (χ3n) is 3.75. The van der Waals surface area contributed by atoms with E-state index in [1.165, 1.54) is 6.20 Å². The highest BCUT2D eigenvalue weighted by Crippen LogP contribution is 2.27. The highest BCUT2D eigenvalue weighted by atomic mass is 35.5. The van der Waals surface area contributed by atoms with Crippen molar-refractivity contribution in [3.63, 3.8) is 0 Å². The minimum atomic E-state index is -0.254. The first-order valence-corrected chi connectivity index (χ1v) is 8.71. The van der Waals surface area contributed by atoms with Gasteiger partial charge >= 0.3 is 0 Å². The fourth-order valence-corrected chi connectivity index (χ4v) is 2.81. The number of hydrogen-bond acceptors (Lipinski definition) is 5. The van der Waals surface area contributed by atoms with Gasteiger partial charge in [0, 0.05) is 12.2 Å². The van der Waals surface area contributed by atoms with Crippen LogP contribution in [0.25, 0.3) is 11.5 Å². The van der Waals surface area contributed by atoms with E-state index < -0.39 is 0 Å². The lowest BCUT2D eigenvalue weighted by molar-refractivity contribution is 0.0672. The van der Waals surface area contributed by atoms with Gasteiger partial charge in [-0.15, -0.1) is 10.2 Å². The number of hydrogen-bond donors (Lipinski definition) is 0. The zero-order valence-electron chi connectivity index (χ0n) is 14.2. The molecule has 8 heteroatoms. The van der Waals surface area contributed by atoms with E-state index in [9.17, 15) is 4.79 Å². The molecule has 1 aromatic carbocycles. The average Bonchev–Trinajstić information content (AvgIpc) is 3.08. The van der Waals surface area contributed by atoms with Gasteiger partial charge in [-0.1, -0.05) is 35.3 Å². The Morgan fingerprint density at radius 3 is 2.62 bits per heavy atom. The molecular weight excluding hydrogens is 375 g/mol. The van der Waals surface area contributed by atoms with Crippen LogP contribution < -0.4 is 0 Å². The lowest BCUT2D eigenvalue weighted by atomic mass is 10.2. The van der Waals surface area contributed by atoms with Crippen molar-refractivity contribution in [1.82, 2.24) is 20.1 Å². The molecule has 134 valence electrons. The molecule has 0 aliphatic rings. The molecule has 2 aromatic heterocycles. The Morgan fingerprint density at radius 2 is 1.92 bits per heavy atom. The molecule has 0 aliphatic heterocycles. The minimum Gasteiger partial charge on any atom is -0.419 e. The van der Waals surface area contributed by atoms with Crippen LogP contribution in [0.2, 0.25) is 10.2 Å². The first-order valence-electron chi connectivity index (χ1n) is 7.96. The van der Waals surface area contributed by atoms with E-state index in [1.807, 2.05) is 26.0 Å². The Balaban J connectivity index is 1.85. The van der Waals surface area contributed by atoms with E-state index in [2.05, 4.69) is 15.2 Å². The SMILES string of the molecule is CC(C)N(Cc1nnc(-c2ccccc2Cl)o1)C(=O)c1cccnc1Cl. The summed E-state index contributed by atoms with van der Waals surface area (Å²) in [4.78, 5) is 18.4. The molecule has 0 unspecified atom stereocenters. The summed E-state index contributed by atoms with van der Waals surface area (Å²) in [6, 6.07) is 10.4. The Labute approximate surface area is 160 Å². The summed E-state index contributed by atoms with van der Waals surface area (Å²) in [5.74, 6) is 0.360. The van der Waals surface area contributed by atoms with Crippen LogP contribution in [-0.4, -0.2) is 32.0 Å². The molecule has 3 rings (SSSR count). The number of nitrogens with zero attached hydrogens (tertiary/aromatic N) is 4. The molecule has 0 radical (unpaired) electrons. The molecule has 0 saturated heterocycles. The predicted molar refractivity (Wildman–Crippen MR) is 99.0 cm³/mol. The van der Waals surface area contributed by atoms with Crippen LogP contribution in [0.3, 0.4) is 0 Å². The van der Waals surface area contributed by atoms with Gasteiger partial charge in [0.15, 0.2) is 0 Å². The van der Waals surface area contributed by atoms with Crippen LogP contribution in [0, 0.1) is 0 Å². The maximum Gasteiger partial charge on any atom is 0.257 e. The van der Waals surface area contributed by atoms with Crippen molar-refractivity contribution >= 4 is 29.1 Å². The van der Waals surface area contributed by atoms with Crippen molar-refractivity contribution in [1.29, 1.82) is 0 Å². The molecule has 0 spiro atoms. The topological polar surface area (TPSA) is 72.1 Å². The van der Waals surface area contributed by atoms with Gasteiger partial charge in [-0.3, -0.25) is 4.79 Å². The van der Waals surface area contributed by atoms with Gasteiger partial charge in [0.05, 0.1) is 22.7 Å². The molecule has 0 bridgehead atoms. The number of benzene rings is 1. The van der Waals surface area contributed by atoms with Gasteiger partial charge in [-0.05, 0) is 38.1 Å². The predicted octanol–water partition coefficient (Wildman–Crippen LogP) is 4.49. The number of amides is 1. The van der Waals surface area contributed by atoms with E-state index in [1.54, 1.807) is 29.2 Å². The second-order valence-electron chi connectivity index (χ2n) is 5.85. The van der Waals surface area contributed by atoms with Gasteiger partial charge in [0.25, 0.3) is 5.91 Å². The molecule has 0 atom stereocenters. The standard InChI is InChI=1S/C18H16Cl2N4O2/c1-11(2)24(18(25)13-7-5-9-21-16(13)20)10-15-22-23-17(26-15)12-6-3-4-8-14(12)19/h3-9,11H,10H2,1-2H3. The summed E-state index contributed by atoms with van der Waals surface area (Å²) in [5, 5.41) is 8.74. The lowest BCUT2D eigenvalue weighted by Gasteiger charge is -2.25. The van der Waals surface area contributed by atoms with Crippen molar-refractivity contribution in [2.45, 2.75) is 26.4 Å². The fraction of sp³-hybridized carbons (Fsp3) is 0.222. The smallest absolute Gasteiger partial charge is 0.257 e. The van der Waals surface area contributed by atoms with Crippen LogP contribution in [-0.2, 0) is 6.54 Å². The number of rotatable bonds is 5. The maximum absolute atomic E-state index is 12.8. The number of halogens is 2. The maximum atomic E-state index is 12.8. The molecule has 1 amide bonds. The molecule has 26 heavy (non-hydrogen) atoms. The molecule has 6 nitrogen and oxygen atoms in total. The monoisotopic (exact) mass is 390 g/mol. The minimum absolute atomic E-state index is 0.102. The quantitative estimate of drug-likeness (QED) is 0.600. The molecule has 0 saturated carbocycles. The van der Waals surface area contributed by atoms with Crippen LogP contribution >= 0.6 is 23.2 Å². The Hall–Kier alpha value is -2.44. The Morgan fingerprint density at radius 1 is 1.15 bits per heavy atom. The van der Waals surface area contributed by atoms with E-state index >= 15 is 0 Å². The van der Waals surface area contributed by atoms with E-state index in [4.69, 9.17) is 27.6 Å². The molecule has 3 aromatic rings. The second-order valence-corrected chi connectivity index (χ2v) is 6.61. The number of pyridine rings is 1. The summed E-state index contributed by atoms with van der Waals surface area (Å²) in [7, 11) is 0. The lowest BCUT2D eigenvalue weighted by Crippen LogP contribution is -2.36. The largest absolute Gasteiger partial charge is 0.419 e. The molecule has 0 aliphatic carbocycles. The number of carbonyl (C=O) groups excluding carboxylic acids is 1. The van der Waals surface area contributed by atoms with E-state index in [0.29, 0.717) is 27.9 Å². The van der Waals surface area contributed by atoms with Gasteiger partial charge in [0.1, 0.15) is 5.15 Å². The fourth-order valence-electron chi connectivity index (χ4n) is 2.40. The molecular formula is C18H16Cl2N4O2. The van der Waals surface area contributed by atoms with Crippen LogP contribution in [0.15, 0.2) is 47.0 Å². The summed E-state index contributed by atoms with van der Waals surface area (Å²) >= 11 is 12.2. The highest BCUT2D eigenvalue weighted by Gasteiger charge is 2.24. The van der Waals surface area contributed by atoms with Gasteiger partial charge in [-0.2, -0.15) is 0 Å². The molecule has 2 heterocycles. The third-order valence-corrected chi connectivity index (χ3v) is 4.38. The average molecular weight is 391 g/mol. The molecule has 0 N–H and O–H groups in total. The van der Waals surface area contributed by atoms with Crippen molar-refractivity contribution in [2.24, 2.45) is 0 Å². The van der Waals surface area contributed by atoms with Crippen molar-refractivity contribution in [3.8, 4) is 11.5 Å². The van der Waals surface area contributed by atoms with Crippen LogP contribution in [0.1, 0.15) is 30.1 Å². The third kappa shape index (κ3) is 3.86. The molecule has 0 fully saturated rings. The van der Waals surface area contributed by atoms with Crippen LogP contribution in [0.4, 0.5) is 0 Å². The summed E-state index contributed by atoms with van der Waals surface area (Å²) in [6.45, 7) is 3.94. The summed E-state index contributed by atoms with van der Waals surface area (Å²) in [5.41, 5.74) is 0.972. The number of aromatic nitrogens is 3. The second kappa shape index (κ2) is 7.85.